The molecule has 0 aliphatic carbocycles. The van der Waals surface area contributed by atoms with E-state index in [-0.39, 0.29) is 4.90 Å². The lowest BCUT2D eigenvalue weighted by molar-refractivity contribution is 0.553. The van der Waals surface area contributed by atoms with Crippen LogP contribution in [0.5, 0.6) is 0 Å². The first kappa shape index (κ1) is 19.1. The molecule has 0 amide bonds. The molecule has 1 rings (SSSR count). The molecule has 0 spiro atoms. The Morgan fingerprint density at radius 2 is 1.59 bits per heavy atom. The Bertz CT molecular complexity index is 571. The van der Waals surface area contributed by atoms with Crippen molar-refractivity contribution in [1.82, 2.24) is 3.71 Å². The molecule has 0 fully saturated rings. The van der Waals surface area contributed by atoms with E-state index in [9.17, 15) is 12.6 Å². The van der Waals surface area contributed by atoms with Gasteiger partial charge in [0.1, 0.15) is 11.0 Å². The van der Waals surface area contributed by atoms with Crippen LogP contribution in [0.3, 0.4) is 0 Å². The van der Waals surface area contributed by atoms with Crippen LogP contribution >= 0.6 is 0 Å². The fourth-order valence-corrected chi connectivity index (χ4v) is 4.87. The lowest BCUT2D eigenvalue weighted by Crippen LogP contribution is -2.30. The predicted octanol–water partition coefficient (Wildman–Crippen LogP) is 2.91. The van der Waals surface area contributed by atoms with Gasteiger partial charge in [-0.05, 0) is 30.7 Å². The van der Waals surface area contributed by atoms with E-state index in [1.165, 1.54) is 50.6 Å². The van der Waals surface area contributed by atoms with E-state index in [0.717, 1.165) is 23.0 Å². The van der Waals surface area contributed by atoms with Gasteiger partial charge in [0.2, 0.25) is 0 Å². The maximum atomic E-state index is 12.4. The second-order valence-electron chi connectivity index (χ2n) is 5.28. The monoisotopic (exact) mass is 346 g/mol. The van der Waals surface area contributed by atoms with Crippen molar-refractivity contribution in [2.24, 2.45) is 0 Å². The molecule has 0 aliphatic heterocycles. The summed E-state index contributed by atoms with van der Waals surface area (Å²) in [7, 11) is -3.90. The van der Waals surface area contributed by atoms with E-state index >= 15 is 0 Å². The summed E-state index contributed by atoms with van der Waals surface area (Å²) in [5, 5.41) is 0. The number of hydrogen-bond acceptors (Lipinski definition) is 4. The minimum absolute atomic E-state index is 0.112. The van der Waals surface area contributed by atoms with Crippen LogP contribution in [0.2, 0.25) is 0 Å². The Morgan fingerprint density at radius 3 is 2.18 bits per heavy atom. The van der Waals surface area contributed by atoms with Gasteiger partial charge in [0.15, 0.2) is 0 Å². The van der Waals surface area contributed by atoms with E-state index in [0.29, 0.717) is 11.4 Å². The minimum Gasteiger partial charge on any atom is -0.399 e. The van der Waals surface area contributed by atoms with Crippen molar-refractivity contribution in [3.8, 4) is 0 Å². The van der Waals surface area contributed by atoms with Crippen LogP contribution < -0.4 is 5.73 Å². The number of benzene rings is 1. The highest BCUT2D eigenvalue weighted by atomic mass is 32.3. The number of hydrogen-bond donors (Lipinski definition) is 1. The molecule has 1 unspecified atom stereocenters. The number of unbranched alkanes of at least 4 members (excludes halogenated alkanes) is 5. The van der Waals surface area contributed by atoms with Crippen LogP contribution in [0.4, 0.5) is 5.69 Å². The van der Waals surface area contributed by atoms with E-state index in [2.05, 4.69) is 6.92 Å². The molecule has 0 heterocycles. The summed E-state index contributed by atoms with van der Waals surface area (Å²) in [6, 6.07) is 5.92. The summed E-state index contributed by atoms with van der Waals surface area (Å²) in [5.41, 5.74) is 6.05. The standard InChI is InChI=1S/C15H26N2O3S2/c1-3-4-5-6-7-8-13-21(18)17(2)22(19,20)15-11-9-14(16)10-12-15/h9-12H,3-8,13,16H2,1-2H3. The highest BCUT2D eigenvalue weighted by Gasteiger charge is 2.25. The highest BCUT2D eigenvalue weighted by Crippen LogP contribution is 2.18. The minimum atomic E-state index is -3.73. The zero-order chi connectivity index (χ0) is 16.6. The molecule has 126 valence electrons. The second-order valence-corrected chi connectivity index (χ2v) is 9.08. The van der Waals surface area contributed by atoms with Crippen molar-refractivity contribution in [2.45, 2.75) is 50.3 Å². The van der Waals surface area contributed by atoms with E-state index in [1.807, 2.05) is 0 Å². The summed E-state index contributed by atoms with van der Waals surface area (Å²) < 4.78 is 37.8. The first-order chi connectivity index (χ1) is 10.4. The van der Waals surface area contributed by atoms with Gasteiger partial charge in [0.05, 0.1) is 4.90 Å². The van der Waals surface area contributed by atoms with Crippen LogP contribution in [-0.4, -0.2) is 29.1 Å². The van der Waals surface area contributed by atoms with Crippen molar-refractivity contribution in [3.05, 3.63) is 24.3 Å². The normalized spacial score (nSPS) is 13.4. The van der Waals surface area contributed by atoms with Crippen LogP contribution in [0.25, 0.3) is 0 Å². The highest BCUT2D eigenvalue weighted by molar-refractivity contribution is 8.01. The van der Waals surface area contributed by atoms with Crippen molar-refractivity contribution >= 4 is 26.7 Å². The van der Waals surface area contributed by atoms with Gasteiger partial charge in [-0.1, -0.05) is 39.0 Å². The molecule has 22 heavy (non-hydrogen) atoms. The van der Waals surface area contributed by atoms with Gasteiger partial charge in [-0.25, -0.2) is 12.6 Å². The van der Waals surface area contributed by atoms with Crippen molar-refractivity contribution < 1.29 is 12.6 Å². The third-order valence-corrected chi connectivity index (χ3v) is 7.32. The second kappa shape index (κ2) is 9.27. The molecule has 1 atom stereocenters. The molecule has 0 aliphatic rings. The van der Waals surface area contributed by atoms with Crippen molar-refractivity contribution in [1.29, 1.82) is 0 Å². The maximum Gasteiger partial charge on any atom is 0.253 e. The molecular weight excluding hydrogens is 320 g/mol. The Balaban J connectivity index is 2.53. The molecule has 7 heteroatoms. The van der Waals surface area contributed by atoms with Crippen molar-refractivity contribution in [2.75, 3.05) is 18.5 Å². The van der Waals surface area contributed by atoms with E-state index in [4.69, 9.17) is 5.73 Å². The topological polar surface area (TPSA) is 80.5 Å². The van der Waals surface area contributed by atoms with Crippen molar-refractivity contribution in [3.63, 3.8) is 0 Å². The number of rotatable bonds is 10. The molecular formula is C15H26N2O3S2. The third-order valence-electron chi connectivity index (χ3n) is 3.48. The van der Waals surface area contributed by atoms with Crippen LogP contribution in [0.1, 0.15) is 45.4 Å². The third kappa shape index (κ3) is 5.70. The average Bonchev–Trinajstić information content (AvgIpc) is 2.50. The summed E-state index contributed by atoms with van der Waals surface area (Å²) in [5.74, 6) is 0.372. The average molecular weight is 347 g/mol. The fraction of sp³-hybridized carbons (Fsp3) is 0.600. The van der Waals surface area contributed by atoms with Gasteiger partial charge in [0.25, 0.3) is 10.0 Å². The number of nitrogens with zero attached hydrogens (tertiary/aromatic N) is 1. The molecule has 0 saturated carbocycles. The summed E-state index contributed by atoms with van der Waals surface area (Å²) >= 11 is 0. The zero-order valence-electron chi connectivity index (χ0n) is 13.3. The fourth-order valence-electron chi connectivity index (χ4n) is 2.03. The molecule has 0 bridgehead atoms. The molecule has 5 nitrogen and oxygen atoms in total. The van der Waals surface area contributed by atoms with E-state index in [1.54, 1.807) is 0 Å². The largest absolute Gasteiger partial charge is 0.399 e. The van der Waals surface area contributed by atoms with E-state index < -0.39 is 21.0 Å². The smallest absolute Gasteiger partial charge is 0.253 e. The molecule has 0 saturated heterocycles. The number of anilines is 1. The Kier molecular flexibility index (Phi) is 8.06. The number of nitrogen functional groups attached to an aromatic ring is 1. The Morgan fingerprint density at radius 1 is 1.05 bits per heavy atom. The van der Waals surface area contributed by atoms with Crippen LogP contribution in [-0.2, 0) is 21.0 Å². The lowest BCUT2D eigenvalue weighted by atomic mass is 10.1. The molecule has 0 aromatic heterocycles. The Labute approximate surface area is 136 Å². The summed E-state index contributed by atoms with van der Waals surface area (Å²) in [4.78, 5) is 0.112. The quantitative estimate of drug-likeness (QED) is 0.522. The van der Waals surface area contributed by atoms with Crippen LogP contribution in [0, 0.1) is 0 Å². The Hall–Kier alpha value is -0.920. The van der Waals surface area contributed by atoms with Gasteiger partial charge in [-0.15, -0.1) is 3.71 Å². The first-order valence-corrected chi connectivity index (χ1v) is 10.3. The van der Waals surface area contributed by atoms with Gasteiger partial charge < -0.3 is 5.73 Å². The molecule has 1 aromatic carbocycles. The first-order valence-electron chi connectivity index (χ1n) is 7.62. The van der Waals surface area contributed by atoms with Gasteiger partial charge in [-0.3, -0.25) is 0 Å². The molecule has 0 radical (unpaired) electrons. The molecule has 2 N–H and O–H groups in total. The van der Waals surface area contributed by atoms with Gasteiger partial charge in [0, 0.05) is 18.5 Å². The van der Waals surface area contributed by atoms with Crippen LogP contribution in [0.15, 0.2) is 29.2 Å². The number of sulfonamides is 1. The summed E-state index contributed by atoms with van der Waals surface area (Å²) in [6.07, 6.45) is 6.46. The predicted molar refractivity (Wildman–Crippen MR) is 92.2 cm³/mol. The SMILES string of the molecule is CCCCCCCCS(=O)N(C)S(=O)(=O)c1ccc(N)cc1. The summed E-state index contributed by atoms with van der Waals surface area (Å²) in [6.45, 7) is 2.16. The zero-order valence-corrected chi connectivity index (χ0v) is 15.0. The number of nitrogens with two attached hydrogens (primary N) is 1. The molecule has 1 aromatic rings. The van der Waals surface area contributed by atoms with Gasteiger partial charge >= 0.3 is 0 Å². The lowest BCUT2D eigenvalue weighted by Gasteiger charge is -2.16. The van der Waals surface area contributed by atoms with Gasteiger partial charge in [-0.2, -0.15) is 0 Å². The maximum absolute atomic E-state index is 12.4.